The number of benzene rings is 2. The monoisotopic (exact) mass is 356 g/mol. The molecular formula is C17H12N2O5S. The van der Waals surface area contributed by atoms with Gasteiger partial charge in [0.2, 0.25) is 0 Å². The lowest BCUT2D eigenvalue weighted by Gasteiger charge is -2.05. The van der Waals surface area contributed by atoms with Crippen LogP contribution >= 0.6 is 11.3 Å². The lowest BCUT2D eigenvalue weighted by atomic mass is 10.2. The summed E-state index contributed by atoms with van der Waals surface area (Å²) in [5.74, 6) is -1.16. The van der Waals surface area contributed by atoms with Gasteiger partial charge in [0.25, 0.3) is 11.6 Å². The number of non-ortho nitro benzene ring substituents is 1. The smallest absolute Gasteiger partial charge is 0.348 e. The van der Waals surface area contributed by atoms with Crippen LogP contribution in [0.15, 0.2) is 54.6 Å². The highest BCUT2D eigenvalue weighted by molar-refractivity contribution is 7.20. The van der Waals surface area contributed by atoms with E-state index in [1.807, 2.05) is 24.3 Å². The van der Waals surface area contributed by atoms with Crippen molar-refractivity contribution in [2.24, 2.45) is 0 Å². The Balaban J connectivity index is 1.59. The number of hydrogen-bond acceptors (Lipinski definition) is 6. The largest absolute Gasteiger partial charge is 0.451 e. The Bertz CT molecular complexity index is 933. The van der Waals surface area contributed by atoms with Gasteiger partial charge >= 0.3 is 5.97 Å². The molecule has 3 rings (SSSR count). The molecule has 0 bridgehead atoms. The fourth-order valence-corrected chi connectivity index (χ4v) is 3.14. The van der Waals surface area contributed by atoms with E-state index >= 15 is 0 Å². The van der Waals surface area contributed by atoms with Crippen molar-refractivity contribution in [3.63, 3.8) is 0 Å². The van der Waals surface area contributed by atoms with Crippen LogP contribution in [0.4, 0.5) is 11.4 Å². The maximum absolute atomic E-state index is 12.0. The number of anilines is 1. The van der Waals surface area contributed by atoms with Gasteiger partial charge in [-0.1, -0.05) is 24.3 Å². The summed E-state index contributed by atoms with van der Waals surface area (Å²) in [6.45, 7) is -0.476. The van der Waals surface area contributed by atoms with Crippen LogP contribution in [0.1, 0.15) is 9.67 Å². The summed E-state index contributed by atoms with van der Waals surface area (Å²) in [7, 11) is 0. The second-order valence-corrected chi connectivity index (χ2v) is 6.16. The molecule has 1 amide bonds. The molecule has 0 saturated carbocycles. The Labute approximate surface area is 146 Å². The number of nitrogens with zero attached hydrogens (tertiary/aromatic N) is 1. The van der Waals surface area contributed by atoms with Crippen LogP contribution < -0.4 is 5.32 Å². The summed E-state index contributed by atoms with van der Waals surface area (Å²) in [6.07, 6.45) is 0. The van der Waals surface area contributed by atoms with E-state index in [1.54, 1.807) is 6.07 Å². The molecule has 0 unspecified atom stereocenters. The van der Waals surface area contributed by atoms with Crippen LogP contribution in [-0.2, 0) is 9.53 Å². The Morgan fingerprint density at radius 3 is 2.68 bits per heavy atom. The topological polar surface area (TPSA) is 98.5 Å². The lowest BCUT2D eigenvalue weighted by molar-refractivity contribution is -0.384. The van der Waals surface area contributed by atoms with E-state index in [1.165, 1.54) is 35.6 Å². The van der Waals surface area contributed by atoms with Crippen molar-refractivity contribution in [2.45, 2.75) is 0 Å². The third-order valence-electron chi connectivity index (χ3n) is 3.30. The van der Waals surface area contributed by atoms with Gasteiger partial charge in [0.15, 0.2) is 6.61 Å². The molecular weight excluding hydrogens is 344 g/mol. The number of fused-ring (bicyclic) bond motifs is 1. The minimum absolute atomic E-state index is 0.139. The molecule has 0 spiro atoms. The summed E-state index contributed by atoms with van der Waals surface area (Å²) in [5.41, 5.74) is 0.122. The van der Waals surface area contributed by atoms with E-state index in [-0.39, 0.29) is 11.4 Å². The lowest BCUT2D eigenvalue weighted by Crippen LogP contribution is -2.20. The number of carbonyl (C=O) groups excluding carboxylic acids is 2. The van der Waals surface area contributed by atoms with Gasteiger partial charge in [-0.05, 0) is 23.6 Å². The number of nitrogens with one attached hydrogen (secondary N) is 1. The van der Waals surface area contributed by atoms with Crippen molar-refractivity contribution in [2.75, 3.05) is 11.9 Å². The highest BCUT2D eigenvalue weighted by Crippen LogP contribution is 2.25. The molecule has 0 aliphatic heterocycles. The van der Waals surface area contributed by atoms with Gasteiger partial charge in [-0.15, -0.1) is 11.3 Å². The number of ether oxygens (including phenoxy) is 1. The molecule has 0 aliphatic rings. The third-order valence-corrected chi connectivity index (χ3v) is 4.40. The van der Waals surface area contributed by atoms with Crippen molar-refractivity contribution < 1.29 is 19.2 Å². The maximum atomic E-state index is 12.0. The molecule has 1 N–H and O–H groups in total. The number of nitro benzene ring substituents is 1. The first-order valence-corrected chi connectivity index (χ1v) is 8.04. The van der Waals surface area contributed by atoms with Crippen molar-refractivity contribution in [1.29, 1.82) is 0 Å². The summed E-state index contributed by atoms with van der Waals surface area (Å²) < 4.78 is 5.95. The highest BCUT2D eigenvalue weighted by atomic mass is 32.1. The fourth-order valence-electron chi connectivity index (χ4n) is 2.18. The number of nitro groups is 1. The minimum atomic E-state index is -0.588. The van der Waals surface area contributed by atoms with Crippen molar-refractivity contribution in [1.82, 2.24) is 0 Å². The molecule has 0 fully saturated rings. The number of esters is 1. The minimum Gasteiger partial charge on any atom is -0.451 e. The summed E-state index contributed by atoms with van der Waals surface area (Å²) >= 11 is 1.28. The van der Waals surface area contributed by atoms with Crippen LogP contribution in [0.5, 0.6) is 0 Å². The first kappa shape index (κ1) is 16.6. The molecule has 1 heterocycles. The van der Waals surface area contributed by atoms with E-state index in [0.29, 0.717) is 4.88 Å². The molecule has 7 nitrogen and oxygen atoms in total. The SMILES string of the molecule is O=C(COC(=O)c1cc2ccccc2s1)Nc1cccc([N+](=O)[O-])c1. The quantitative estimate of drug-likeness (QED) is 0.428. The van der Waals surface area contributed by atoms with Gasteiger partial charge in [0.1, 0.15) is 4.88 Å². The Morgan fingerprint density at radius 1 is 1.12 bits per heavy atom. The molecule has 25 heavy (non-hydrogen) atoms. The predicted molar refractivity (Wildman–Crippen MR) is 93.8 cm³/mol. The number of amides is 1. The zero-order chi connectivity index (χ0) is 17.8. The standard InChI is InChI=1S/C17H12N2O5S/c20-16(18-12-5-3-6-13(9-12)19(22)23)10-24-17(21)15-8-11-4-1-2-7-14(11)25-15/h1-9H,10H2,(H,18,20). The fraction of sp³-hybridized carbons (Fsp3) is 0.0588. The summed E-state index contributed by atoms with van der Waals surface area (Å²) in [5, 5.41) is 14.1. The average molecular weight is 356 g/mol. The molecule has 0 radical (unpaired) electrons. The van der Waals surface area contributed by atoms with Gasteiger partial charge < -0.3 is 10.1 Å². The zero-order valence-electron chi connectivity index (χ0n) is 12.8. The van der Waals surface area contributed by atoms with Gasteiger partial charge in [0, 0.05) is 22.5 Å². The van der Waals surface area contributed by atoms with Crippen LogP contribution in [0.25, 0.3) is 10.1 Å². The molecule has 8 heteroatoms. The number of carbonyl (C=O) groups is 2. The molecule has 2 aromatic carbocycles. The van der Waals surface area contributed by atoms with Gasteiger partial charge in [-0.2, -0.15) is 0 Å². The predicted octanol–water partition coefficient (Wildman–Crippen LogP) is 3.61. The van der Waals surface area contributed by atoms with E-state index in [9.17, 15) is 19.7 Å². The second-order valence-electron chi connectivity index (χ2n) is 5.08. The first-order chi connectivity index (χ1) is 12.0. The van der Waals surface area contributed by atoms with Crippen molar-refractivity contribution in [3.8, 4) is 0 Å². The molecule has 1 aromatic heterocycles. The van der Waals surface area contributed by atoms with E-state index < -0.39 is 23.4 Å². The Morgan fingerprint density at radius 2 is 1.92 bits per heavy atom. The number of rotatable bonds is 5. The molecule has 0 aliphatic carbocycles. The zero-order valence-corrected chi connectivity index (χ0v) is 13.6. The average Bonchev–Trinajstić information content (AvgIpc) is 3.04. The number of hydrogen-bond donors (Lipinski definition) is 1. The molecule has 126 valence electrons. The van der Waals surface area contributed by atoms with Crippen LogP contribution in [0.3, 0.4) is 0 Å². The van der Waals surface area contributed by atoms with Gasteiger partial charge in [-0.25, -0.2) is 4.79 Å². The summed E-state index contributed by atoms with van der Waals surface area (Å²) in [4.78, 5) is 34.4. The third kappa shape index (κ3) is 3.99. The number of thiophene rings is 1. The van der Waals surface area contributed by atoms with Crippen LogP contribution in [-0.4, -0.2) is 23.4 Å². The Hall–Kier alpha value is -3.26. The normalized spacial score (nSPS) is 10.4. The second kappa shape index (κ2) is 7.10. The highest BCUT2D eigenvalue weighted by Gasteiger charge is 2.14. The van der Waals surface area contributed by atoms with Crippen LogP contribution in [0.2, 0.25) is 0 Å². The maximum Gasteiger partial charge on any atom is 0.348 e. The van der Waals surface area contributed by atoms with Gasteiger partial charge in [-0.3, -0.25) is 14.9 Å². The molecule has 0 atom stereocenters. The van der Waals surface area contributed by atoms with Crippen molar-refractivity contribution >= 4 is 44.7 Å². The summed E-state index contributed by atoms with van der Waals surface area (Å²) in [6, 6.07) is 14.7. The Kier molecular flexibility index (Phi) is 4.71. The first-order valence-electron chi connectivity index (χ1n) is 7.23. The van der Waals surface area contributed by atoms with E-state index in [0.717, 1.165) is 10.1 Å². The van der Waals surface area contributed by atoms with Gasteiger partial charge in [0.05, 0.1) is 4.92 Å². The molecule has 3 aromatic rings. The van der Waals surface area contributed by atoms with E-state index in [4.69, 9.17) is 4.74 Å². The molecule has 0 saturated heterocycles. The van der Waals surface area contributed by atoms with Crippen LogP contribution in [0, 0.1) is 10.1 Å². The van der Waals surface area contributed by atoms with Crippen molar-refractivity contribution in [3.05, 3.63) is 69.6 Å². The van der Waals surface area contributed by atoms with E-state index in [2.05, 4.69) is 5.32 Å².